The molecule has 0 spiro atoms. The van der Waals surface area contributed by atoms with Gasteiger partial charge in [0.15, 0.2) is 0 Å². The van der Waals surface area contributed by atoms with Crippen LogP contribution in [0.2, 0.25) is 5.02 Å². The van der Waals surface area contributed by atoms with Gasteiger partial charge < -0.3 is 0 Å². The number of benzene rings is 4. The minimum atomic E-state index is -1.92. The molecule has 0 amide bonds. The maximum absolute atomic E-state index is 6.69. The largest absolute Gasteiger partial charge is 0.116 e. The highest BCUT2D eigenvalue weighted by atomic mass is 79.9. The first kappa shape index (κ1) is 19.4. The molecule has 0 bridgehead atoms. The summed E-state index contributed by atoms with van der Waals surface area (Å²) in [5, 5.41) is 4.91. The third kappa shape index (κ3) is 3.80. The van der Waals surface area contributed by atoms with E-state index in [1.54, 1.807) is 0 Å². The molecular weight excluding hydrogens is 447 g/mol. The van der Waals surface area contributed by atoms with Crippen molar-refractivity contribution in [3.63, 3.8) is 0 Å². The summed E-state index contributed by atoms with van der Waals surface area (Å²) in [5.41, 5.74) is 1.18. The van der Waals surface area contributed by atoms with Crippen LogP contribution in [0, 0.1) is 0 Å². The molecular formula is C25H20BrClP+. The van der Waals surface area contributed by atoms with Crippen molar-refractivity contribution in [1.82, 2.24) is 0 Å². The van der Waals surface area contributed by atoms with Crippen LogP contribution in [0.1, 0.15) is 5.56 Å². The van der Waals surface area contributed by atoms with Gasteiger partial charge in [-0.2, -0.15) is 0 Å². The van der Waals surface area contributed by atoms with Crippen molar-refractivity contribution in [2.24, 2.45) is 0 Å². The highest BCUT2D eigenvalue weighted by Crippen LogP contribution is 2.58. The van der Waals surface area contributed by atoms with E-state index in [4.69, 9.17) is 11.6 Å². The monoisotopic (exact) mass is 465 g/mol. The Morgan fingerprint density at radius 3 is 1.43 bits per heavy atom. The van der Waals surface area contributed by atoms with Crippen molar-refractivity contribution in [3.8, 4) is 0 Å². The molecule has 0 atom stereocenters. The summed E-state index contributed by atoms with van der Waals surface area (Å²) in [6, 6.07) is 38.9. The summed E-state index contributed by atoms with van der Waals surface area (Å²) in [5.74, 6) is 0. The predicted octanol–water partition coefficient (Wildman–Crippen LogP) is 6.60. The summed E-state index contributed by atoms with van der Waals surface area (Å²) in [7, 11) is -1.92. The van der Waals surface area contributed by atoms with E-state index in [9.17, 15) is 0 Å². The lowest BCUT2D eigenvalue weighted by Crippen LogP contribution is -2.32. The second-order valence-corrected chi connectivity index (χ2v) is 11.5. The van der Waals surface area contributed by atoms with Crippen LogP contribution in [-0.2, 0) is 6.16 Å². The number of halogens is 2. The van der Waals surface area contributed by atoms with Gasteiger partial charge in [0.25, 0.3) is 0 Å². The van der Waals surface area contributed by atoms with Crippen molar-refractivity contribution in [2.45, 2.75) is 6.16 Å². The van der Waals surface area contributed by atoms with Gasteiger partial charge in [-0.15, -0.1) is 0 Å². The van der Waals surface area contributed by atoms with E-state index >= 15 is 0 Å². The maximum atomic E-state index is 6.69. The van der Waals surface area contributed by atoms with E-state index in [-0.39, 0.29) is 0 Å². The molecule has 3 heteroatoms. The van der Waals surface area contributed by atoms with Gasteiger partial charge >= 0.3 is 0 Å². The summed E-state index contributed by atoms with van der Waals surface area (Å²) < 4.78 is 1.00. The van der Waals surface area contributed by atoms with Crippen molar-refractivity contribution in [2.75, 3.05) is 0 Å². The molecule has 4 aromatic carbocycles. The van der Waals surface area contributed by atoms with Crippen LogP contribution < -0.4 is 15.9 Å². The lowest BCUT2D eigenvalue weighted by Gasteiger charge is -2.28. The Kier molecular flexibility index (Phi) is 5.97. The van der Waals surface area contributed by atoms with Crippen molar-refractivity contribution < 1.29 is 0 Å². The van der Waals surface area contributed by atoms with Gasteiger partial charge in [-0.25, -0.2) is 0 Å². The molecule has 0 aromatic heterocycles. The third-order valence-corrected chi connectivity index (χ3v) is 10.2. The molecule has 0 N–H and O–H groups in total. The smallest absolute Gasteiger partial charge is 0.0838 e. The minimum Gasteiger partial charge on any atom is -0.0838 e. The zero-order valence-electron chi connectivity index (χ0n) is 15.3. The summed E-state index contributed by atoms with van der Waals surface area (Å²) in [6.07, 6.45) is 0.886. The van der Waals surface area contributed by atoms with Crippen LogP contribution in [0.15, 0.2) is 114 Å². The molecule has 0 aliphatic rings. The molecule has 0 aliphatic carbocycles. The Bertz CT molecular complexity index is 953. The fourth-order valence-corrected chi connectivity index (χ4v) is 8.78. The minimum absolute atomic E-state index is 0.807. The first-order valence-corrected chi connectivity index (χ1v) is 12.3. The van der Waals surface area contributed by atoms with Crippen LogP contribution in [0.3, 0.4) is 0 Å². The summed E-state index contributed by atoms with van der Waals surface area (Å²) in [6.45, 7) is 0. The van der Waals surface area contributed by atoms with E-state index in [0.717, 1.165) is 15.7 Å². The zero-order valence-corrected chi connectivity index (χ0v) is 18.5. The lowest BCUT2D eigenvalue weighted by atomic mass is 10.2. The zero-order chi connectivity index (χ0) is 19.4. The molecule has 4 rings (SSSR count). The van der Waals surface area contributed by atoms with Crippen LogP contribution >= 0.6 is 34.8 Å². The van der Waals surface area contributed by atoms with E-state index in [1.807, 2.05) is 6.07 Å². The highest BCUT2D eigenvalue weighted by molar-refractivity contribution is 9.10. The van der Waals surface area contributed by atoms with Gasteiger partial charge in [0, 0.05) is 15.1 Å². The quantitative estimate of drug-likeness (QED) is 0.291. The highest BCUT2D eigenvalue weighted by Gasteiger charge is 2.45. The Morgan fingerprint density at radius 2 is 1.04 bits per heavy atom. The van der Waals surface area contributed by atoms with Gasteiger partial charge in [0.2, 0.25) is 0 Å². The van der Waals surface area contributed by atoms with E-state index in [1.165, 1.54) is 21.5 Å². The molecule has 0 saturated carbocycles. The molecule has 0 radical (unpaired) electrons. The molecule has 4 aromatic rings. The average molecular weight is 467 g/mol. The van der Waals surface area contributed by atoms with Crippen molar-refractivity contribution in [1.29, 1.82) is 0 Å². The van der Waals surface area contributed by atoms with Gasteiger partial charge in [-0.3, -0.25) is 0 Å². The van der Waals surface area contributed by atoms with E-state index in [2.05, 4.69) is 119 Å². The Labute approximate surface area is 180 Å². The Hall–Kier alpha value is -1.92. The molecule has 0 nitrogen and oxygen atoms in total. The summed E-state index contributed by atoms with van der Waals surface area (Å²) in [4.78, 5) is 0. The second kappa shape index (κ2) is 8.62. The summed E-state index contributed by atoms with van der Waals surface area (Å²) >= 11 is 10.2. The Morgan fingerprint density at radius 1 is 0.607 bits per heavy atom. The third-order valence-electron chi connectivity index (χ3n) is 5.01. The second-order valence-electron chi connectivity index (χ2n) is 6.71. The fourth-order valence-electron chi connectivity index (χ4n) is 3.67. The molecule has 0 saturated heterocycles. The van der Waals surface area contributed by atoms with Gasteiger partial charge in [-0.05, 0) is 48.5 Å². The van der Waals surface area contributed by atoms with Crippen LogP contribution in [0.5, 0.6) is 0 Å². The average Bonchev–Trinajstić information content (AvgIpc) is 2.75. The molecule has 0 fully saturated rings. The first-order valence-electron chi connectivity index (χ1n) is 9.19. The number of hydrogen-bond acceptors (Lipinski definition) is 0. The van der Waals surface area contributed by atoms with E-state index < -0.39 is 7.26 Å². The van der Waals surface area contributed by atoms with Gasteiger partial charge in [0.05, 0.1) is 6.16 Å². The lowest BCUT2D eigenvalue weighted by molar-refractivity contribution is 1.38. The number of rotatable bonds is 5. The first-order chi connectivity index (χ1) is 13.7. The molecule has 0 unspecified atom stereocenters. The Balaban J connectivity index is 2.01. The van der Waals surface area contributed by atoms with Gasteiger partial charge in [0.1, 0.15) is 23.2 Å². The van der Waals surface area contributed by atoms with Crippen LogP contribution in [-0.4, -0.2) is 0 Å². The topological polar surface area (TPSA) is 0 Å². The maximum Gasteiger partial charge on any atom is 0.116 e. The predicted molar refractivity (Wildman–Crippen MR) is 128 cm³/mol. The van der Waals surface area contributed by atoms with Gasteiger partial charge in [-0.1, -0.05) is 88.2 Å². The number of hydrogen-bond donors (Lipinski definition) is 0. The van der Waals surface area contributed by atoms with Crippen LogP contribution in [0.25, 0.3) is 0 Å². The molecule has 28 heavy (non-hydrogen) atoms. The fraction of sp³-hybridized carbons (Fsp3) is 0.0400. The molecule has 0 aliphatic heterocycles. The normalized spacial score (nSPS) is 11.4. The SMILES string of the molecule is Clc1cc(Br)ccc1C[P+](c1ccccc1)(c1ccccc1)c1ccccc1. The standard InChI is InChI=1S/C25H20BrClP/c26-21-17-16-20(25(27)18-21)19-28(22-10-4-1-5-11-22,23-12-6-2-7-13-23)24-14-8-3-9-15-24/h1-18H,19H2/q+1. The van der Waals surface area contributed by atoms with Crippen LogP contribution in [0.4, 0.5) is 0 Å². The molecule has 0 heterocycles. The van der Waals surface area contributed by atoms with Crippen molar-refractivity contribution >= 4 is 50.7 Å². The van der Waals surface area contributed by atoms with Crippen molar-refractivity contribution in [3.05, 3.63) is 124 Å². The molecule has 138 valence electrons. The van der Waals surface area contributed by atoms with E-state index in [0.29, 0.717) is 0 Å².